The van der Waals surface area contributed by atoms with Gasteiger partial charge in [-0.05, 0) is 19.1 Å². The average Bonchev–Trinajstić information content (AvgIpc) is 2.90. The van der Waals surface area contributed by atoms with E-state index in [9.17, 15) is 22.8 Å². The number of aryl methyl sites for hydroxylation is 2. The molecule has 0 atom stereocenters. The predicted molar refractivity (Wildman–Crippen MR) is 88.3 cm³/mol. The molecule has 0 aliphatic rings. The van der Waals surface area contributed by atoms with Crippen molar-refractivity contribution in [1.82, 2.24) is 19.6 Å². The van der Waals surface area contributed by atoms with Crippen LogP contribution in [0.1, 0.15) is 28.5 Å². The molecule has 1 aromatic carbocycles. The third kappa shape index (κ3) is 2.88. The third-order valence-corrected chi connectivity index (χ3v) is 4.21. The number of hydrogen-bond acceptors (Lipinski definition) is 4. The fourth-order valence-electron chi connectivity index (χ4n) is 2.64. The van der Waals surface area contributed by atoms with Gasteiger partial charge < -0.3 is 0 Å². The van der Waals surface area contributed by atoms with Gasteiger partial charge in [-0.3, -0.25) is 14.3 Å². The van der Waals surface area contributed by atoms with E-state index in [2.05, 4.69) is 10.2 Å². The van der Waals surface area contributed by atoms with E-state index in [1.807, 2.05) is 0 Å². The van der Waals surface area contributed by atoms with Gasteiger partial charge in [0.2, 0.25) is 5.78 Å². The number of carbonyl (C=O) groups excluding carboxylic acids is 1. The maximum absolute atomic E-state index is 12.8. The number of fused-ring (bicyclic) bond motifs is 1. The summed E-state index contributed by atoms with van der Waals surface area (Å²) in [4.78, 5) is 25.0. The summed E-state index contributed by atoms with van der Waals surface area (Å²) in [7, 11) is 1.47. The van der Waals surface area contributed by atoms with Gasteiger partial charge in [0.25, 0.3) is 5.56 Å². The van der Waals surface area contributed by atoms with E-state index in [1.54, 1.807) is 6.92 Å². The summed E-state index contributed by atoms with van der Waals surface area (Å²) in [5, 5.41) is 7.66. The van der Waals surface area contributed by atoms with E-state index < -0.39 is 28.1 Å². The van der Waals surface area contributed by atoms with Crippen molar-refractivity contribution in [2.24, 2.45) is 7.05 Å². The van der Waals surface area contributed by atoms with Crippen molar-refractivity contribution in [3.05, 3.63) is 56.6 Å². The van der Waals surface area contributed by atoms with E-state index in [0.29, 0.717) is 6.54 Å². The summed E-state index contributed by atoms with van der Waals surface area (Å²) in [6.45, 7) is 2.07. The predicted octanol–water partition coefficient (Wildman–Crippen LogP) is 3.05. The van der Waals surface area contributed by atoms with Crippen LogP contribution >= 0.6 is 11.6 Å². The highest BCUT2D eigenvalue weighted by Gasteiger charge is 2.33. The van der Waals surface area contributed by atoms with Crippen molar-refractivity contribution in [1.29, 1.82) is 0 Å². The molecule has 136 valence electrons. The Balaban J connectivity index is 2.14. The lowest BCUT2D eigenvalue weighted by Gasteiger charge is -2.10. The first-order chi connectivity index (χ1) is 12.1. The molecule has 2 aromatic heterocycles. The molecule has 3 aromatic rings. The maximum atomic E-state index is 12.8. The highest BCUT2D eigenvalue weighted by molar-refractivity contribution is 6.32. The Kier molecular flexibility index (Phi) is 4.35. The van der Waals surface area contributed by atoms with Crippen LogP contribution in [0.4, 0.5) is 13.2 Å². The van der Waals surface area contributed by atoms with E-state index in [0.717, 1.165) is 18.2 Å². The number of alkyl halides is 3. The molecule has 26 heavy (non-hydrogen) atoms. The van der Waals surface area contributed by atoms with Crippen LogP contribution in [0.15, 0.2) is 29.2 Å². The Morgan fingerprint density at radius 2 is 2.00 bits per heavy atom. The molecule has 0 radical (unpaired) electrons. The number of aromatic nitrogens is 4. The minimum atomic E-state index is -4.62. The molecule has 0 saturated carbocycles. The first kappa shape index (κ1) is 18.1. The summed E-state index contributed by atoms with van der Waals surface area (Å²) in [6, 6.07) is 2.74. The van der Waals surface area contributed by atoms with E-state index >= 15 is 0 Å². The van der Waals surface area contributed by atoms with E-state index in [4.69, 9.17) is 11.6 Å². The van der Waals surface area contributed by atoms with Crippen molar-refractivity contribution in [2.75, 3.05) is 0 Å². The van der Waals surface area contributed by atoms with Crippen molar-refractivity contribution < 1.29 is 18.0 Å². The van der Waals surface area contributed by atoms with Crippen LogP contribution in [0, 0.1) is 0 Å². The van der Waals surface area contributed by atoms with Gasteiger partial charge in [-0.15, -0.1) is 0 Å². The zero-order chi connectivity index (χ0) is 19.2. The topological polar surface area (TPSA) is 69.8 Å². The first-order valence-corrected chi connectivity index (χ1v) is 7.87. The zero-order valence-corrected chi connectivity index (χ0v) is 14.4. The van der Waals surface area contributed by atoms with E-state index in [1.165, 1.54) is 22.6 Å². The molecule has 0 unspecified atom stereocenters. The van der Waals surface area contributed by atoms with Gasteiger partial charge in [0.1, 0.15) is 5.69 Å². The van der Waals surface area contributed by atoms with Crippen LogP contribution in [0.3, 0.4) is 0 Å². The molecule has 0 aliphatic carbocycles. The maximum Gasteiger partial charge on any atom is 0.417 e. The number of ketones is 1. The van der Waals surface area contributed by atoms with Gasteiger partial charge in [-0.1, -0.05) is 17.7 Å². The highest BCUT2D eigenvalue weighted by Crippen LogP contribution is 2.35. The number of nitrogens with zero attached hydrogens (tertiary/aromatic N) is 4. The van der Waals surface area contributed by atoms with Gasteiger partial charge in [0.05, 0.1) is 22.2 Å². The molecule has 0 bridgehead atoms. The average molecular weight is 385 g/mol. The Morgan fingerprint density at radius 1 is 1.31 bits per heavy atom. The Bertz CT molecular complexity index is 1090. The number of halogens is 4. The van der Waals surface area contributed by atoms with Gasteiger partial charge in [-0.25, -0.2) is 4.68 Å². The molecule has 0 N–H and O–H groups in total. The van der Waals surface area contributed by atoms with Crippen molar-refractivity contribution >= 4 is 28.3 Å². The monoisotopic (exact) mass is 384 g/mol. The van der Waals surface area contributed by atoms with Crippen LogP contribution in [0.25, 0.3) is 10.9 Å². The number of benzene rings is 1. The molecule has 0 aliphatic heterocycles. The quantitative estimate of drug-likeness (QED) is 0.651. The number of carbonyl (C=O) groups is 1. The summed E-state index contributed by atoms with van der Waals surface area (Å²) in [5.74, 6) is -0.610. The van der Waals surface area contributed by atoms with Gasteiger partial charge in [0, 0.05) is 19.2 Å². The van der Waals surface area contributed by atoms with Gasteiger partial charge in [0.15, 0.2) is 5.52 Å². The number of rotatable bonds is 3. The third-order valence-electron chi connectivity index (χ3n) is 3.90. The minimum absolute atomic E-state index is 0.0451. The van der Waals surface area contributed by atoms with E-state index in [-0.39, 0.29) is 22.2 Å². The van der Waals surface area contributed by atoms with Gasteiger partial charge in [-0.2, -0.15) is 23.4 Å². The first-order valence-electron chi connectivity index (χ1n) is 7.49. The lowest BCUT2D eigenvalue weighted by atomic mass is 10.0. The summed E-state index contributed by atoms with van der Waals surface area (Å²) < 4.78 is 40.8. The second-order valence-corrected chi connectivity index (χ2v) is 5.93. The molecule has 10 heteroatoms. The fourth-order valence-corrected chi connectivity index (χ4v) is 2.93. The summed E-state index contributed by atoms with van der Waals surface area (Å²) in [5.41, 5.74) is -1.43. The smallest absolute Gasteiger partial charge is 0.287 e. The van der Waals surface area contributed by atoms with Crippen molar-refractivity contribution in [3.8, 4) is 0 Å². The molecule has 0 fully saturated rings. The van der Waals surface area contributed by atoms with Crippen molar-refractivity contribution in [3.63, 3.8) is 0 Å². The Morgan fingerprint density at radius 3 is 2.58 bits per heavy atom. The summed E-state index contributed by atoms with van der Waals surface area (Å²) >= 11 is 5.68. The Hall–Kier alpha value is -2.68. The van der Waals surface area contributed by atoms with Gasteiger partial charge >= 0.3 is 6.18 Å². The standard InChI is InChI=1S/C16H12ClF3N4O2/c1-3-24-15(26)12-9(7-21-24)13(23(2)22-12)14(25)8-4-5-10(11(17)6-8)16(18,19)20/h4-7H,3H2,1-2H3. The molecule has 3 rings (SSSR count). The lowest BCUT2D eigenvalue weighted by Crippen LogP contribution is -2.21. The number of hydrogen-bond donors (Lipinski definition) is 0. The van der Waals surface area contributed by atoms with Crippen molar-refractivity contribution in [2.45, 2.75) is 19.6 Å². The van der Waals surface area contributed by atoms with Crippen LogP contribution < -0.4 is 5.56 Å². The van der Waals surface area contributed by atoms with Crippen LogP contribution in [0.2, 0.25) is 5.02 Å². The zero-order valence-electron chi connectivity index (χ0n) is 13.6. The Labute approximate surface area is 149 Å². The van der Waals surface area contributed by atoms with Crippen LogP contribution in [-0.2, 0) is 19.8 Å². The minimum Gasteiger partial charge on any atom is -0.287 e. The molecular weight excluding hydrogens is 373 g/mol. The largest absolute Gasteiger partial charge is 0.417 e. The fraction of sp³-hybridized carbons (Fsp3) is 0.250. The lowest BCUT2D eigenvalue weighted by molar-refractivity contribution is -0.137. The molecule has 2 heterocycles. The SMILES string of the molecule is CCn1ncc2c(C(=O)c3ccc(C(F)(F)F)c(Cl)c3)n(C)nc2c1=O. The highest BCUT2D eigenvalue weighted by atomic mass is 35.5. The van der Waals surface area contributed by atoms with Crippen LogP contribution in [-0.4, -0.2) is 25.3 Å². The molecule has 0 saturated heterocycles. The second-order valence-electron chi connectivity index (χ2n) is 5.52. The second kappa shape index (κ2) is 6.24. The molecule has 0 amide bonds. The molecule has 6 nitrogen and oxygen atoms in total. The van der Waals surface area contributed by atoms with Crippen LogP contribution in [0.5, 0.6) is 0 Å². The molecule has 0 spiro atoms. The summed E-state index contributed by atoms with van der Waals surface area (Å²) in [6.07, 6.45) is -3.28. The normalized spacial score (nSPS) is 11.9. The molecular formula is C16H12ClF3N4O2.